The normalized spacial score (nSPS) is 13.4. The second-order valence-electron chi connectivity index (χ2n) is 6.30. The second kappa shape index (κ2) is 6.20. The van der Waals surface area contributed by atoms with Crippen molar-refractivity contribution in [3.8, 4) is 0 Å². The number of rotatable bonds is 4. The van der Waals surface area contributed by atoms with Crippen LogP contribution in [0, 0.1) is 5.92 Å². The molecule has 0 bridgehead atoms. The van der Waals surface area contributed by atoms with E-state index in [0.29, 0.717) is 5.56 Å². The van der Waals surface area contributed by atoms with E-state index in [0.717, 1.165) is 5.56 Å². The topological polar surface area (TPSA) is 49.3 Å². The Morgan fingerprint density at radius 1 is 1.26 bits per heavy atom. The van der Waals surface area contributed by atoms with Gasteiger partial charge in [0.15, 0.2) is 0 Å². The lowest BCUT2D eigenvalue weighted by Gasteiger charge is -2.25. The summed E-state index contributed by atoms with van der Waals surface area (Å²) in [5, 5.41) is 12.2. The highest BCUT2D eigenvalue weighted by Gasteiger charge is 2.23. The van der Waals surface area contributed by atoms with Crippen LogP contribution < -0.4 is 5.32 Å². The molecule has 19 heavy (non-hydrogen) atoms. The van der Waals surface area contributed by atoms with Gasteiger partial charge in [-0.25, -0.2) is 0 Å². The van der Waals surface area contributed by atoms with E-state index in [-0.39, 0.29) is 29.9 Å². The van der Waals surface area contributed by atoms with Gasteiger partial charge in [-0.1, -0.05) is 52.8 Å². The van der Waals surface area contributed by atoms with Crippen molar-refractivity contribution in [2.75, 3.05) is 6.61 Å². The first-order valence-corrected chi connectivity index (χ1v) is 6.78. The van der Waals surface area contributed by atoms with Gasteiger partial charge in [-0.3, -0.25) is 4.79 Å². The zero-order valence-corrected chi connectivity index (χ0v) is 12.5. The van der Waals surface area contributed by atoms with E-state index >= 15 is 0 Å². The number of aliphatic hydroxyl groups is 1. The van der Waals surface area contributed by atoms with E-state index in [1.807, 2.05) is 38.1 Å². The molecule has 1 aromatic carbocycles. The van der Waals surface area contributed by atoms with Crippen molar-refractivity contribution in [3.05, 3.63) is 35.4 Å². The minimum absolute atomic E-state index is 0.0406. The van der Waals surface area contributed by atoms with E-state index in [4.69, 9.17) is 0 Å². The number of nitrogens with one attached hydrogen (secondary N) is 1. The molecule has 3 heteroatoms. The molecule has 0 aliphatic carbocycles. The lowest BCUT2D eigenvalue weighted by atomic mass is 9.83. The molecule has 0 spiro atoms. The van der Waals surface area contributed by atoms with Crippen molar-refractivity contribution in [1.29, 1.82) is 0 Å². The quantitative estimate of drug-likeness (QED) is 0.877. The Hall–Kier alpha value is -1.35. The lowest BCUT2D eigenvalue weighted by Crippen LogP contribution is -2.41. The Balaban J connectivity index is 3.01. The molecule has 1 rings (SSSR count). The van der Waals surface area contributed by atoms with E-state index in [2.05, 4.69) is 26.1 Å². The van der Waals surface area contributed by atoms with Crippen LogP contribution in [0.25, 0.3) is 0 Å². The number of carbonyl (C=O) groups is 1. The van der Waals surface area contributed by atoms with Crippen LogP contribution in [0.1, 0.15) is 50.5 Å². The summed E-state index contributed by atoms with van der Waals surface area (Å²) < 4.78 is 0. The minimum atomic E-state index is -0.208. The van der Waals surface area contributed by atoms with E-state index in [1.165, 1.54) is 0 Å². The summed E-state index contributed by atoms with van der Waals surface area (Å²) >= 11 is 0. The molecule has 0 fully saturated rings. The van der Waals surface area contributed by atoms with Gasteiger partial charge in [0.2, 0.25) is 0 Å². The molecule has 0 aliphatic rings. The molecule has 1 amide bonds. The molecule has 0 aliphatic heterocycles. The Labute approximate surface area is 116 Å². The fraction of sp³-hybridized carbons (Fsp3) is 0.562. The van der Waals surface area contributed by atoms with Crippen molar-refractivity contribution in [1.82, 2.24) is 5.32 Å². The highest BCUT2D eigenvalue weighted by molar-refractivity contribution is 5.96. The number of amides is 1. The zero-order valence-electron chi connectivity index (χ0n) is 12.5. The molecule has 1 atom stereocenters. The predicted molar refractivity (Wildman–Crippen MR) is 78.3 cm³/mol. The van der Waals surface area contributed by atoms with Crippen LogP contribution >= 0.6 is 0 Å². The van der Waals surface area contributed by atoms with Gasteiger partial charge in [-0.15, -0.1) is 0 Å². The number of benzene rings is 1. The summed E-state index contributed by atoms with van der Waals surface area (Å²) in [6, 6.07) is 7.43. The van der Waals surface area contributed by atoms with Gasteiger partial charge in [0.05, 0.1) is 12.6 Å². The molecule has 0 aromatic heterocycles. The number of aliphatic hydroxyl groups excluding tert-OH is 1. The summed E-state index contributed by atoms with van der Waals surface area (Å²) in [5.41, 5.74) is 1.63. The van der Waals surface area contributed by atoms with Gasteiger partial charge >= 0.3 is 0 Å². The standard InChI is InChI=1S/C16H25NO2/c1-11(2)14(10-18)17-15(19)12-8-6-7-9-13(12)16(3,4)5/h6-9,11,14,18H,10H2,1-5H3,(H,17,19). The van der Waals surface area contributed by atoms with Crippen LogP contribution in [0.2, 0.25) is 0 Å². The van der Waals surface area contributed by atoms with E-state index in [9.17, 15) is 9.90 Å². The highest BCUT2D eigenvalue weighted by atomic mass is 16.3. The van der Waals surface area contributed by atoms with Crippen LogP contribution in [-0.4, -0.2) is 23.7 Å². The maximum atomic E-state index is 12.4. The van der Waals surface area contributed by atoms with Gasteiger partial charge in [0.25, 0.3) is 5.91 Å². The fourth-order valence-corrected chi connectivity index (χ4v) is 2.00. The maximum absolute atomic E-state index is 12.4. The first-order chi connectivity index (χ1) is 8.77. The van der Waals surface area contributed by atoms with E-state index in [1.54, 1.807) is 0 Å². The summed E-state index contributed by atoms with van der Waals surface area (Å²) in [6.07, 6.45) is 0. The molecule has 0 radical (unpaired) electrons. The monoisotopic (exact) mass is 263 g/mol. The molecule has 0 heterocycles. The van der Waals surface area contributed by atoms with Crippen molar-refractivity contribution in [3.63, 3.8) is 0 Å². The lowest BCUT2D eigenvalue weighted by molar-refractivity contribution is 0.0894. The number of carbonyl (C=O) groups excluding carboxylic acids is 1. The molecule has 0 saturated heterocycles. The molecule has 2 N–H and O–H groups in total. The van der Waals surface area contributed by atoms with Gasteiger partial charge in [0.1, 0.15) is 0 Å². The Morgan fingerprint density at radius 3 is 2.32 bits per heavy atom. The van der Waals surface area contributed by atoms with Crippen molar-refractivity contribution in [2.24, 2.45) is 5.92 Å². The Kier molecular flexibility index (Phi) is 5.12. The fourth-order valence-electron chi connectivity index (χ4n) is 2.00. The van der Waals surface area contributed by atoms with Crippen LogP contribution in [0.15, 0.2) is 24.3 Å². The molecule has 1 unspecified atom stereocenters. The first kappa shape index (κ1) is 15.7. The zero-order chi connectivity index (χ0) is 14.6. The van der Waals surface area contributed by atoms with E-state index < -0.39 is 0 Å². The molecule has 3 nitrogen and oxygen atoms in total. The maximum Gasteiger partial charge on any atom is 0.251 e. The van der Waals surface area contributed by atoms with Crippen molar-refractivity contribution < 1.29 is 9.90 Å². The van der Waals surface area contributed by atoms with Crippen LogP contribution in [0.5, 0.6) is 0 Å². The average molecular weight is 263 g/mol. The number of hydrogen-bond donors (Lipinski definition) is 2. The van der Waals surface area contributed by atoms with Gasteiger partial charge in [0, 0.05) is 5.56 Å². The summed E-state index contributed by atoms with van der Waals surface area (Å²) in [7, 11) is 0. The summed E-state index contributed by atoms with van der Waals surface area (Å²) in [4.78, 5) is 12.4. The smallest absolute Gasteiger partial charge is 0.251 e. The molecule has 0 saturated carbocycles. The molecular weight excluding hydrogens is 238 g/mol. The third-order valence-electron chi connectivity index (χ3n) is 3.30. The Bertz CT molecular complexity index is 433. The minimum Gasteiger partial charge on any atom is -0.394 e. The SMILES string of the molecule is CC(C)C(CO)NC(=O)c1ccccc1C(C)(C)C. The van der Waals surface area contributed by atoms with Gasteiger partial charge in [-0.2, -0.15) is 0 Å². The first-order valence-electron chi connectivity index (χ1n) is 6.78. The van der Waals surface area contributed by atoms with Crippen LogP contribution in [-0.2, 0) is 5.41 Å². The Morgan fingerprint density at radius 2 is 1.84 bits per heavy atom. The molecular formula is C16H25NO2. The second-order valence-corrected chi connectivity index (χ2v) is 6.30. The van der Waals surface area contributed by atoms with Gasteiger partial charge in [-0.05, 0) is 23.0 Å². The van der Waals surface area contributed by atoms with Gasteiger partial charge < -0.3 is 10.4 Å². The van der Waals surface area contributed by atoms with Crippen LogP contribution in [0.4, 0.5) is 0 Å². The highest BCUT2D eigenvalue weighted by Crippen LogP contribution is 2.25. The van der Waals surface area contributed by atoms with Crippen molar-refractivity contribution >= 4 is 5.91 Å². The van der Waals surface area contributed by atoms with Crippen molar-refractivity contribution in [2.45, 2.75) is 46.1 Å². The molecule has 106 valence electrons. The summed E-state index contributed by atoms with van der Waals surface area (Å²) in [6.45, 7) is 10.2. The summed E-state index contributed by atoms with van der Waals surface area (Å²) in [5.74, 6) is 0.0917. The third-order valence-corrected chi connectivity index (χ3v) is 3.30. The predicted octanol–water partition coefficient (Wildman–Crippen LogP) is 2.73. The number of hydrogen-bond acceptors (Lipinski definition) is 2. The third kappa shape index (κ3) is 4.06. The largest absolute Gasteiger partial charge is 0.394 e. The molecule has 1 aromatic rings. The average Bonchev–Trinajstić information content (AvgIpc) is 2.34. The van der Waals surface area contributed by atoms with Crippen LogP contribution in [0.3, 0.4) is 0 Å².